The van der Waals surface area contributed by atoms with Crippen LogP contribution in [0.25, 0.3) is 11.1 Å². The van der Waals surface area contributed by atoms with Crippen LogP contribution in [0.4, 0.5) is 17.1 Å². The molecular formula is C32H31N3O5. The summed E-state index contributed by atoms with van der Waals surface area (Å²) in [5.74, 6) is -0.997. The van der Waals surface area contributed by atoms with Gasteiger partial charge in [0.2, 0.25) is 5.91 Å². The number of hydrogen-bond donors (Lipinski definition) is 1. The molecule has 0 radical (unpaired) electrons. The van der Waals surface area contributed by atoms with Crippen molar-refractivity contribution in [2.24, 2.45) is 0 Å². The first-order chi connectivity index (χ1) is 19.5. The van der Waals surface area contributed by atoms with E-state index in [0.29, 0.717) is 29.8 Å². The molecule has 0 spiro atoms. The van der Waals surface area contributed by atoms with Crippen molar-refractivity contribution in [2.75, 3.05) is 16.9 Å². The lowest BCUT2D eigenvalue weighted by Crippen LogP contribution is -2.34. The van der Waals surface area contributed by atoms with E-state index in [1.54, 1.807) is 24.3 Å². The molecule has 204 valence electrons. The zero-order valence-corrected chi connectivity index (χ0v) is 22.3. The van der Waals surface area contributed by atoms with Crippen molar-refractivity contribution in [3.8, 4) is 11.1 Å². The Labute approximate surface area is 233 Å². The third-order valence-corrected chi connectivity index (χ3v) is 6.40. The second kappa shape index (κ2) is 13.7. The maximum Gasteiger partial charge on any atom is 0.340 e. The van der Waals surface area contributed by atoms with E-state index in [1.165, 1.54) is 11.0 Å². The fourth-order valence-corrected chi connectivity index (χ4v) is 4.27. The normalized spacial score (nSPS) is 10.5. The number of nitrogens with zero attached hydrogens (tertiary/aromatic N) is 2. The molecule has 1 amide bonds. The van der Waals surface area contributed by atoms with Gasteiger partial charge < -0.3 is 10.1 Å². The number of benzene rings is 4. The van der Waals surface area contributed by atoms with Crippen LogP contribution in [0.15, 0.2) is 103 Å². The van der Waals surface area contributed by atoms with Crippen LogP contribution in [-0.2, 0) is 16.1 Å². The molecule has 1 N–H and O–H groups in total. The highest BCUT2D eigenvalue weighted by atomic mass is 16.6. The van der Waals surface area contributed by atoms with Gasteiger partial charge in [0.15, 0.2) is 6.73 Å². The van der Waals surface area contributed by atoms with Gasteiger partial charge in [0.25, 0.3) is 5.69 Å². The Balaban J connectivity index is 1.62. The zero-order valence-electron chi connectivity index (χ0n) is 22.3. The van der Waals surface area contributed by atoms with Crippen molar-refractivity contribution in [1.82, 2.24) is 0 Å². The Kier molecular flexibility index (Phi) is 9.61. The number of carbonyl (C=O) groups is 2. The number of nitrogens with one attached hydrogen (secondary N) is 1. The standard InChI is InChI=1S/C32H31N3O5/c1-2-3-18-31(36)34(23-40-32(37)28-17-11-10-16-27(28)25-14-8-5-9-15-25)30-21-26(19-20-29(30)35(38)39)33-22-24-12-6-4-7-13-24/h4-17,19-21,33H,2-3,18,22-23H2,1H3. The maximum absolute atomic E-state index is 13.3. The average Bonchev–Trinajstić information content (AvgIpc) is 3.00. The molecule has 4 aromatic carbocycles. The first-order valence-corrected chi connectivity index (χ1v) is 13.2. The highest BCUT2D eigenvalue weighted by Crippen LogP contribution is 2.33. The monoisotopic (exact) mass is 537 g/mol. The summed E-state index contributed by atoms with van der Waals surface area (Å²) in [5.41, 5.74) is 3.31. The van der Waals surface area contributed by atoms with Gasteiger partial charge in [0, 0.05) is 24.7 Å². The van der Waals surface area contributed by atoms with E-state index < -0.39 is 17.6 Å². The number of amides is 1. The molecule has 0 saturated heterocycles. The summed E-state index contributed by atoms with van der Waals surface area (Å²) < 4.78 is 5.63. The molecule has 0 saturated carbocycles. The van der Waals surface area contributed by atoms with E-state index in [-0.39, 0.29) is 23.7 Å². The minimum atomic E-state index is -0.631. The summed E-state index contributed by atoms with van der Waals surface area (Å²) in [6, 6.07) is 30.7. The summed E-state index contributed by atoms with van der Waals surface area (Å²) in [6.07, 6.45) is 1.53. The summed E-state index contributed by atoms with van der Waals surface area (Å²) in [7, 11) is 0. The molecule has 0 fully saturated rings. The minimum absolute atomic E-state index is 0.0632. The quantitative estimate of drug-likeness (QED) is 0.0887. The number of esters is 1. The molecule has 0 aromatic heterocycles. The smallest absolute Gasteiger partial charge is 0.340 e. The van der Waals surface area contributed by atoms with Gasteiger partial charge in [-0.15, -0.1) is 0 Å². The van der Waals surface area contributed by atoms with E-state index in [4.69, 9.17) is 4.74 Å². The number of rotatable bonds is 12. The molecule has 8 heteroatoms. The SMILES string of the molecule is CCCCC(=O)N(COC(=O)c1ccccc1-c1ccccc1)c1cc(NCc2ccccc2)ccc1[N+](=O)[O-]. The third kappa shape index (κ3) is 7.11. The molecule has 4 aromatic rings. The number of ether oxygens (including phenoxy) is 1. The average molecular weight is 538 g/mol. The zero-order chi connectivity index (χ0) is 28.3. The summed E-state index contributed by atoms with van der Waals surface area (Å²) in [4.78, 5) is 39.1. The van der Waals surface area contributed by atoms with Crippen LogP contribution >= 0.6 is 0 Å². The van der Waals surface area contributed by atoms with Gasteiger partial charge in [-0.05, 0) is 41.3 Å². The minimum Gasteiger partial charge on any atom is -0.440 e. The van der Waals surface area contributed by atoms with Gasteiger partial charge in [-0.2, -0.15) is 0 Å². The Bertz CT molecular complexity index is 1460. The van der Waals surface area contributed by atoms with E-state index in [1.807, 2.05) is 79.7 Å². The number of carbonyl (C=O) groups excluding carboxylic acids is 2. The molecule has 0 heterocycles. The third-order valence-electron chi connectivity index (χ3n) is 6.40. The van der Waals surface area contributed by atoms with Gasteiger partial charge in [0.1, 0.15) is 5.69 Å². The second-order valence-corrected chi connectivity index (χ2v) is 9.20. The van der Waals surface area contributed by atoms with E-state index in [0.717, 1.165) is 17.5 Å². The number of nitro benzene ring substituents is 1. The predicted octanol–water partition coefficient (Wildman–Crippen LogP) is 7.21. The van der Waals surface area contributed by atoms with Gasteiger partial charge in [-0.1, -0.05) is 92.2 Å². The Morgan fingerprint density at radius 2 is 1.57 bits per heavy atom. The number of hydrogen-bond acceptors (Lipinski definition) is 6. The first kappa shape index (κ1) is 28.0. The summed E-state index contributed by atoms with van der Waals surface area (Å²) in [6.45, 7) is 1.98. The van der Waals surface area contributed by atoms with Gasteiger partial charge in [0.05, 0.1) is 10.5 Å². The molecule has 0 atom stereocenters. The largest absolute Gasteiger partial charge is 0.440 e. The Morgan fingerprint density at radius 1 is 0.900 bits per heavy atom. The van der Waals surface area contributed by atoms with Crippen LogP contribution in [0, 0.1) is 10.1 Å². The molecule has 40 heavy (non-hydrogen) atoms. The van der Waals surface area contributed by atoms with Crippen LogP contribution in [0.3, 0.4) is 0 Å². The molecule has 0 aliphatic rings. The molecular weight excluding hydrogens is 506 g/mol. The lowest BCUT2D eigenvalue weighted by atomic mass is 10.00. The summed E-state index contributed by atoms with van der Waals surface area (Å²) >= 11 is 0. The van der Waals surface area contributed by atoms with Crippen molar-refractivity contribution in [2.45, 2.75) is 32.7 Å². The van der Waals surface area contributed by atoms with E-state index in [9.17, 15) is 19.7 Å². The number of anilines is 2. The highest BCUT2D eigenvalue weighted by molar-refractivity contribution is 5.99. The van der Waals surface area contributed by atoms with Crippen LogP contribution in [-0.4, -0.2) is 23.5 Å². The van der Waals surface area contributed by atoms with Crippen molar-refractivity contribution in [3.05, 3.63) is 124 Å². The van der Waals surface area contributed by atoms with Crippen LogP contribution in [0.2, 0.25) is 0 Å². The summed E-state index contributed by atoms with van der Waals surface area (Å²) in [5, 5.41) is 15.2. The van der Waals surface area contributed by atoms with E-state index in [2.05, 4.69) is 5.32 Å². The van der Waals surface area contributed by atoms with Gasteiger partial charge >= 0.3 is 5.97 Å². The number of nitro groups is 1. The molecule has 0 aliphatic carbocycles. The van der Waals surface area contributed by atoms with Crippen molar-refractivity contribution < 1.29 is 19.2 Å². The predicted molar refractivity (Wildman–Crippen MR) is 156 cm³/mol. The van der Waals surface area contributed by atoms with Crippen LogP contribution < -0.4 is 10.2 Å². The Hall–Kier alpha value is -4.98. The van der Waals surface area contributed by atoms with Crippen LogP contribution in [0.1, 0.15) is 42.1 Å². The van der Waals surface area contributed by atoms with Crippen LogP contribution in [0.5, 0.6) is 0 Å². The highest BCUT2D eigenvalue weighted by Gasteiger charge is 2.26. The topological polar surface area (TPSA) is 102 Å². The Morgan fingerprint density at radius 3 is 2.27 bits per heavy atom. The van der Waals surface area contributed by atoms with Crippen molar-refractivity contribution >= 4 is 28.9 Å². The number of unbranched alkanes of at least 4 members (excludes halogenated alkanes) is 1. The lowest BCUT2D eigenvalue weighted by Gasteiger charge is -2.23. The molecule has 0 bridgehead atoms. The molecule has 8 nitrogen and oxygen atoms in total. The van der Waals surface area contributed by atoms with Gasteiger partial charge in [-0.3, -0.25) is 19.8 Å². The second-order valence-electron chi connectivity index (χ2n) is 9.20. The van der Waals surface area contributed by atoms with E-state index >= 15 is 0 Å². The van der Waals surface area contributed by atoms with Gasteiger partial charge in [-0.25, -0.2) is 4.79 Å². The molecule has 0 aliphatic heterocycles. The lowest BCUT2D eigenvalue weighted by molar-refractivity contribution is -0.384. The fourth-order valence-electron chi connectivity index (χ4n) is 4.27. The first-order valence-electron chi connectivity index (χ1n) is 13.2. The molecule has 0 unspecified atom stereocenters. The van der Waals surface area contributed by atoms with Crippen molar-refractivity contribution in [3.63, 3.8) is 0 Å². The molecule has 4 rings (SSSR count). The van der Waals surface area contributed by atoms with Crippen molar-refractivity contribution in [1.29, 1.82) is 0 Å². The fraction of sp³-hybridized carbons (Fsp3) is 0.188. The maximum atomic E-state index is 13.3.